The number of carbonyl (C=O) groups is 3. The number of sulfonamides is 1. The predicted molar refractivity (Wildman–Crippen MR) is 139 cm³/mol. The Morgan fingerprint density at radius 3 is 2.49 bits per heavy atom. The molecule has 198 valence electrons. The molecule has 0 saturated carbocycles. The molecule has 0 unspecified atom stereocenters. The number of ether oxygens (including phenoxy) is 2. The van der Waals surface area contributed by atoms with E-state index in [-0.39, 0.29) is 30.5 Å². The topological polar surface area (TPSA) is 124 Å². The first-order valence-corrected chi connectivity index (χ1v) is 14.8. The van der Waals surface area contributed by atoms with E-state index in [4.69, 9.17) is 21.1 Å². The largest absolute Gasteiger partial charge is 0.465 e. The zero-order chi connectivity index (χ0) is 26.7. The normalized spacial score (nSPS) is 15.7. The molecule has 3 aromatic rings. The highest BCUT2D eigenvalue weighted by molar-refractivity contribution is 7.91. The number of fused-ring (bicyclic) bond motifs is 1. The van der Waals surface area contributed by atoms with Crippen LogP contribution in [0.5, 0.6) is 0 Å². The second-order valence-corrected chi connectivity index (χ2v) is 13.0. The SMILES string of the molecule is CCOC(=O)Cn1c(=NC(=O)C2CCN(S(=O)(=O)c3ccc(Cl)s3)CC2)sc2cc(C(=O)OC)ccc21. The van der Waals surface area contributed by atoms with E-state index in [1.165, 1.54) is 28.8 Å². The Kier molecular flexibility index (Phi) is 8.49. The number of nitrogens with zero attached hydrogens (tertiary/aromatic N) is 3. The molecule has 1 saturated heterocycles. The lowest BCUT2D eigenvalue weighted by molar-refractivity contribution is -0.143. The first kappa shape index (κ1) is 27.5. The van der Waals surface area contributed by atoms with Crippen molar-refractivity contribution in [2.75, 3.05) is 26.8 Å². The summed E-state index contributed by atoms with van der Waals surface area (Å²) >= 11 is 8.06. The number of amides is 1. The Morgan fingerprint density at radius 1 is 1.14 bits per heavy atom. The van der Waals surface area contributed by atoms with Gasteiger partial charge in [0, 0.05) is 19.0 Å². The number of hydrogen-bond acceptors (Lipinski definition) is 9. The van der Waals surface area contributed by atoms with Gasteiger partial charge in [0.2, 0.25) is 0 Å². The van der Waals surface area contributed by atoms with E-state index in [9.17, 15) is 22.8 Å². The van der Waals surface area contributed by atoms with Gasteiger partial charge in [0.05, 0.1) is 33.8 Å². The molecule has 0 aliphatic carbocycles. The number of thiophene rings is 1. The molecule has 0 radical (unpaired) electrons. The van der Waals surface area contributed by atoms with Crippen molar-refractivity contribution in [3.05, 3.63) is 45.0 Å². The van der Waals surface area contributed by atoms with Crippen LogP contribution in [0, 0.1) is 5.92 Å². The zero-order valence-electron chi connectivity index (χ0n) is 20.0. The van der Waals surface area contributed by atoms with Crippen molar-refractivity contribution in [3.63, 3.8) is 0 Å². The number of thiazole rings is 1. The third kappa shape index (κ3) is 5.96. The van der Waals surface area contributed by atoms with E-state index in [1.807, 2.05) is 0 Å². The zero-order valence-corrected chi connectivity index (χ0v) is 23.2. The lowest BCUT2D eigenvalue weighted by Crippen LogP contribution is -2.40. The van der Waals surface area contributed by atoms with Crippen LogP contribution >= 0.6 is 34.3 Å². The second-order valence-electron chi connectivity index (χ2n) is 8.14. The summed E-state index contributed by atoms with van der Waals surface area (Å²) in [5, 5.41) is 0. The summed E-state index contributed by atoms with van der Waals surface area (Å²) in [7, 11) is -2.39. The van der Waals surface area contributed by atoms with Gasteiger partial charge in [-0.3, -0.25) is 9.59 Å². The van der Waals surface area contributed by atoms with Crippen LogP contribution in [-0.2, 0) is 35.6 Å². The van der Waals surface area contributed by atoms with Gasteiger partial charge in [-0.1, -0.05) is 22.9 Å². The standard InChI is InChI=1S/C23H24ClN3O7S3/c1-3-34-19(28)13-27-16-5-4-15(22(30)33-2)12-17(16)35-23(27)25-21(29)14-8-10-26(11-9-14)37(31,32)20-7-6-18(24)36-20/h4-7,12,14H,3,8-11,13H2,1-2H3. The number of halogens is 1. The number of carbonyl (C=O) groups excluding carboxylic acids is 3. The summed E-state index contributed by atoms with van der Waals surface area (Å²) in [6.07, 6.45) is 0.631. The van der Waals surface area contributed by atoms with Gasteiger partial charge in [-0.2, -0.15) is 9.30 Å². The second kappa shape index (κ2) is 11.4. The molecule has 2 aromatic heterocycles. The highest BCUT2D eigenvalue weighted by Gasteiger charge is 2.33. The van der Waals surface area contributed by atoms with Gasteiger partial charge in [-0.05, 0) is 50.1 Å². The number of piperidine rings is 1. The summed E-state index contributed by atoms with van der Waals surface area (Å²) in [6.45, 7) is 2.12. The fraction of sp³-hybridized carbons (Fsp3) is 0.391. The first-order chi connectivity index (χ1) is 17.6. The maximum Gasteiger partial charge on any atom is 0.337 e. The van der Waals surface area contributed by atoms with Crippen LogP contribution in [0.4, 0.5) is 0 Å². The Bertz CT molecular complexity index is 1520. The molecule has 1 amide bonds. The Balaban J connectivity index is 1.59. The van der Waals surface area contributed by atoms with Crippen molar-refractivity contribution in [1.82, 2.24) is 8.87 Å². The van der Waals surface area contributed by atoms with Gasteiger partial charge in [-0.15, -0.1) is 11.3 Å². The summed E-state index contributed by atoms with van der Waals surface area (Å²) in [5.74, 6) is -1.85. The summed E-state index contributed by atoms with van der Waals surface area (Å²) in [6, 6.07) is 7.88. The minimum atomic E-state index is -3.67. The van der Waals surface area contributed by atoms with E-state index in [0.29, 0.717) is 37.8 Å². The van der Waals surface area contributed by atoms with Crippen LogP contribution in [0.2, 0.25) is 4.34 Å². The van der Waals surface area contributed by atoms with Gasteiger partial charge >= 0.3 is 11.9 Å². The predicted octanol–water partition coefficient (Wildman–Crippen LogP) is 3.30. The average Bonchev–Trinajstić information content (AvgIpc) is 3.47. The fourth-order valence-corrected chi connectivity index (χ4v) is 8.16. The van der Waals surface area contributed by atoms with E-state index >= 15 is 0 Å². The van der Waals surface area contributed by atoms with Crippen LogP contribution in [0.15, 0.2) is 39.5 Å². The summed E-state index contributed by atoms with van der Waals surface area (Å²) in [4.78, 5) is 41.9. The van der Waals surface area contributed by atoms with Crippen molar-refractivity contribution < 1.29 is 32.3 Å². The molecular weight excluding hydrogens is 562 g/mol. The Labute approximate surface area is 226 Å². The third-order valence-corrected chi connectivity index (χ3v) is 10.5. The number of aromatic nitrogens is 1. The molecule has 0 spiro atoms. The smallest absolute Gasteiger partial charge is 0.337 e. The number of hydrogen-bond donors (Lipinski definition) is 0. The van der Waals surface area contributed by atoms with Gasteiger partial charge < -0.3 is 14.0 Å². The van der Waals surface area contributed by atoms with Crippen molar-refractivity contribution in [2.24, 2.45) is 10.9 Å². The molecule has 1 aromatic carbocycles. The number of methoxy groups -OCH3 is 1. The van der Waals surface area contributed by atoms with E-state index in [2.05, 4.69) is 4.99 Å². The molecule has 1 fully saturated rings. The van der Waals surface area contributed by atoms with Gasteiger partial charge in [0.15, 0.2) is 4.80 Å². The molecule has 37 heavy (non-hydrogen) atoms. The lowest BCUT2D eigenvalue weighted by atomic mass is 9.98. The van der Waals surface area contributed by atoms with E-state index in [1.54, 1.807) is 35.8 Å². The molecule has 3 heterocycles. The van der Waals surface area contributed by atoms with E-state index < -0.39 is 33.8 Å². The van der Waals surface area contributed by atoms with Crippen molar-refractivity contribution >= 4 is 72.4 Å². The van der Waals surface area contributed by atoms with Crippen LogP contribution in [0.3, 0.4) is 0 Å². The maximum atomic E-state index is 13.1. The van der Waals surface area contributed by atoms with Gasteiger partial charge in [0.25, 0.3) is 15.9 Å². The van der Waals surface area contributed by atoms with Crippen LogP contribution < -0.4 is 4.80 Å². The fourth-order valence-electron chi connectivity index (χ4n) is 3.98. The highest BCUT2D eigenvalue weighted by Crippen LogP contribution is 2.31. The summed E-state index contributed by atoms with van der Waals surface area (Å²) in [5.41, 5.74) is 0.950. The van der Waals surface area contributed by atoms with Crippen LogP contribution in [0.25, 0.3) is 10.2 Å². The van der Waals surface area contributed by atoms with Gasteiger partial charge in [-0.25, -0.2) is 13.2 Å². The Hall–Kier alpha value is -2.58. The van der Waals surface area contributed by atoms with Crippen LogP contribution in [0.1, 0.15) is 30.1 Å². The highest BCUT2D eigenvalue weighted by atomic mass is 35.5. The number of esters is 2. The minimum absolute atomic E-state index is 0.155. The molecular formula is C23H24ClN3O7S3. The van der Waals surface area contributed by atoms with E-state index in [0.717, 1.165) is 11.3 Å². The van der Waals surface area contributed by atoms with Crippen molar-refractivity contribution in [1.29, 1.82) is 0 Å². The van der Waals surface area contributed by atoms with Crippen molar-refractivity contribution in [3.8, 4) is 0 Å². The number of benzene rings is 1. The quantitative estimate of drug-likeness (QED) is 0.390. The summed E-state index contributed by atoms with van der Waals surface area (Å²) < 4.78 is 39.7. The Morgan fingerprint density at radius 2 is 1.86 bits per heavy atom. The first-order valence-electron chi connectivity index (χ1n) is 11.4. The van der Waals surface area contributed by atoms with Crippen molar-refractivity contribution in [2.45, 2.75) is 30.5 Å². The monoisotopic (exact) mass is 585 g/mol. The molecule has 10 nitrogen and oxygen atoms in total. The molecule has 1 aliphatic heterocycles. The lowest BCUT2D eigenvalue weighted by Gasteiger charge is -2.29. The third-order valence-electron chi connectivity index (χ3n) is 5.85. The minimum Gasteiger partial charge on any atom is -0.465 e. The maximum absolute atomic E-state index is 13.1. The van der Waals surface area contributed by atoms with Crippen LogP contribution in [-0.4, -0.2) is 61.9 Å². The number of rotatable bonds is 7. The molecule has 14 heteroatoms. The molecule has 0 atom stereocenters. The molecule has 0 N–H and O–H groups in total. The van der Waals surface area contributed by atoms with Gasteiger partial charge in [0.1, 0.15) is 10.8 Å². The molecule has 1 aliphatic rings. The molecule has 4 rings (SSSR count). The molecule has 0 bridgehead atoms. The average molecular weight is 586 g/mol.